The summed E-state index contributed by atoms with van der Waals surface area (Å²) in [5, 5.41) is 19.4. The lowest BCUT2D eigenvalue weighted by molar-refractivity contribution is 0.0603. The fourth-order valence-corrected chi connectivity index (χ4v) is 4.39. The van der Waals surface area contributed by atoms with Gasteiger partial charge in [0.2, 0.25) is 0 Å². The standard InChI is InChI=1S/C24H18ClN3O5S/c1-13-4-3-5-16(10-13)28-19(30)11-18(29)21(27-28)22(31)26-23-20(24(32)33-2)17(12-34-23)14-6-8-15(25)9-7-14/h3-12,29H,1-2H3,(H,26,31). The predicted octanol–water partition coefficient (Wildman–Crippen LogP) is 4.67. The smallest absolute Gasteiger partial charge is 0.341 e. The largest absolute Gasteiger partial charge is 0.505 e. The minimum absolute atomic E-state index is 0.148. The Balaban J connectivity index is 1.73. The quantitative estimate of drug-likeness (QED) is 0.389. The molecule has 2 N–H and O–H groups in total. The number of aryl methyl sites for hydroxylation is 1. The molecule has 0 radical (unpaired) electrons. The second-order valence-corrected chi connectivity index (χ2v) is 8.59. The summed E-state index contributed by atoms with van der Waals surface area (Å²) in [6, 6.07) is 14.8. The van der Waals surface area contributed by atoms with E-state index in [1.807, 2.05) is 13.0 Å². The fraction of sp³-hybridized carbons (Fsp3) is 0.0833. The van der Waals surface area contributed by atoms with Crippen LogP contribution in [0, 0.1) is 6.92 Å². The van der Waals surface area contributed by atoms with Crippen LogP contribution in [0.25, 0.3) is 16.8 Å². The summed E-state index contributed by atoms with van der Waals surface area (Å²) in [5.41, 5.74) is 1.75. The maximum absolute atomic E-state index is 13.0. The van der Waals surface area contributed by atoms with Crippen molar-refractivity contribution in [2.45, 2.75) is 6.92 Å². The third-order valence-electron chi connectivity index (χ3n) is 4.94. The van der Waals surface area contributed by atoms with Crippen molar-refractivity contribution in [2.75, 3.05) is 12.4 Å². The molecule has 0 saturated carbocycles. The number of hydrogen-bond donors (Lipinski definition) is 2. The van der Waals surface area contributed by atoms with Crippen molar-refractivity contribution in [1.29, 1.82) is 0 Å². The number of aromatic hydroxyl groups is 1. The molecule has 4 rings (SSSR count). The van der Waals surface area contributed by atoms with Crippen LogP contribution in [-0.4, -0.2) is 33.9 Å². The number of nitrogens with zero attached hydrogens (tertiary/aromatic N) is 2. The summed E-state index contributed by atoms with van der Waals surface area (Å²) >= 11 is 7.07. The summed E-state index contributed by atoms with van der Waals surface area (Å²) in [6.07, 6.45) is 0. The number of carbonyl (C=O) groups excluding carboxylic acids is 2. The molecule has 0 aliphatic rings. The number of ether oxygens (including phenoxy) is 1. The maximum atomic E-state index is 13.0. The van der Waals surface area contributed by atoms with Gasteiger partial charge in [-0.3, -0.25) is 9.59 Å². The number of nitrogens with one attached hydrogen (secondary N) is 1. The summed E-state index contributed by atoms with van der Waals surface area (Å²) in [4.78, 5) is 38.0. The Morgan fingerprint density at radius 2 is 1.88 bits per heavy atom. The van der Waals surface area contributed by atoms with Gasteiger partial charge in [-0.1, -0.05) is 35.9 Å². The van der Waals surface area contributed by atoms with Gasteiger partial charge in [0.1, 0.15) is 10.6 Å². The van der Waals surface area contributed by atoms with E-state index in [0.29, 0.717) is 21.8 Å². The lowest BCUT2D eigenvalue weighted by Gasteiger charge is -2.10. The van der Waals surface area contributed by atoms with Gasteiger partial charge in [0, 0.05) is 22.0 Å². The Labute approximate surface area is 203 Å². The number of anilines is 1. The SMILES string of the molecule is COC(=O)c1c(-c2ccc(Cl)cc2)csc1NC(=O)c1nn(-c2cccc(C)c2)c(=O)cc1O. The van der Waals surface area contributed by atoms with Gasteiger partial charge in [0.25, 0.3) is 11.5 Å². The Bertz CT molecular complexity index is 1460. The molecule has 10 heteroatoms. The number of esters is 1. The molecule has 2 aromatic heterocycles. The van der Waals surface area contributed by atoms with E-state index in [0.717, 1.165) is 27.6 Å². The highest BCUT2D eigenvalue weighted by molar-refractivity contribution is 7.15. The van der Waals surface area contributed by atoms with Crippen LogP contribution in [0.5, 0.6) is 5.75 Å². The highest BCUT2D eigenvalue weighted by Crippen LogP contribution is 2.37. The number of amides is 1. The lowest BCUT2D eigenvalue weighted by atomic mass is 10.0. The third kappa shape index (κ3) is 4.57. The summed E-state index contributed by atoms with van der Waals surface area (Å²) < 4.78 is 5.94. The highest BCUT2D eigenvalue weighted by Gasteiger charge is 2.25. The molecule has 0 aliphatic carbocycles. The number of hydrogen-bond acceptors (Lipinski definition) is 7. The van der Waals surface area contributed by atoms with E-state index in [-0.39, 0.29) is 16.3 Å². The van der Waals surface area contributed by atoms with Crippen molar-refractivity contribution >= 4 is 39.8 Å². The lowest BCUT2D eigenvalue weighted by Crippen LogP contribution is -2.25. The van der Waals surface area contributed by atoms with Gasteiger partial charge in [-0.25, -0.2) is 4.79 Å². The van der Waals surface area contributed by atoms with Crippen LogP contribution in [0.1, 0.15) is 26.4 Å². The van der Waals surface area contributed by atoms with Crippen molar-refractivity contribution in [1.82, 2.24) is 9.78 Å². The number of aromatic nitrogens is 2. The van der Waals surface area contributed by atoms with Crippen LogP contribution in [0.3, 0.4) is 0 Å². The molecular weight excluding hydrogens is 478 g/mol. The van der Waals surface area contributed by atoms with E-state index < -0.39 is 23.2 Å². The van der Waals surface area contributed by atoms with Crippen molar-refractivity contribution < 1.29 is 19.4 Å². The summed E-state index contributed by atoms with van der Waals surface area (Å²) in [7, 11) is 1.24. The summed E-state index contributed by atoms with van der Waals surface area (Å²) in [6.45, 7) is 1.85. The number of benzene rings is 2. The molecule has 0 saturated heterocycles. The van der Waals surface area contributed by atoms with E-state index in [1.54, 1.807) is 47.8 Å². The Kier molecular flexibility index (Phi) is 6.49. The minimum atomic E-state index is -0.798. The van der Waals surface area contributed by atoms with E-state index in [1.165, 1.54) is 7.11 Å². The molecule has 172 valence electrons. The van der Waals surface area contributed by atoms with Crippen LogP contribution in [0.4, 0.5) is 5.00 Å². The van der Waals surface area contributed by atoms with Crippen molar-refractivity contribution in [2.24, 2.45) is 0 Å². The normalized spacial score (nSPS) is 10.7. The zero-order valence-electron chi connectivity index (χ0n) is 18.0. The van der Waals surface area contributed by atoms with Gasteiger partial charge in [-0.2, -0.15) is 9.78 Å². The van der Waals surface area contributed by atoms with Crippen molar-refractivity contribution in [3.63, 3.8) is 0 Å². The van der Waals surface area contributed by atoms with Gasteiger partial charge in [-0.05, 0) is 42.3 Å². The highest BCUT2D eigenvalue weighted by atomic mass is 35.5. The topological polar surface area (TPSA) is 111 Å². The van der Waals surface area contributed by atoms with Gasteiger partial charge in [-0.15, -0.1) is 11.3 Å². The van der Waals surface area contributed by atoms with Crippen molar-refractivity contribution in [3.8, 4) is 22.6 Å². The predicted molar refractivity (Wildman–Crippen MR) is 130 cm³/mol. The first-order chi connectivity index (χ1) is 16.3. The van der Waals surface area contributed by atoms with Crippen LogP contribution >= 0.6 is 22.9 Å². The first-order valence-corrected chi connectivity index (χ1v) is 11.2. The maximum Gasteiger partial charge on any atom is 0.341 e. The van der Waals surface area contributed by atoms with E-state index in [4.69, 9.17) is 16.3 Å². The zero-order chi connectivity index (χ0) is 24.4. The third-order valence-corrected chi connectivity index (χ3v) is 6.08. The molecule has 0 fully saturated rings. The molecule has 34 heavy (non-hydrogen) atoms. The van der Waals surface area contributed by atoms with Crippen LogP contribution in [0.2, 0.25) is 5.02 Å². The van der Waals surface area contributed by atoms with Crippen LogP contribution < -0.4 is 10.9 Å². The van der Waals surface area contributed by atoms with Gasteiger partial charge in [0.05, 0.1) is 12.8 Å². The molecule has 2 heterocycles. The minimum Gasteiger partial charge on any atom is -0.505 e. The van der Waals surface area contributed by atoms with Crippen LogP contribution in [-0.2, 0) is 4.74 Å². The molecule has 0 unspecified atom stereocenters. The monoisotopic (exact) mass is 495 g/mol. The number of thiophene rings is 1. The number of rotatable bonds is 5. The second kappa shape index (κ2) is 9.50. The van der Waals surface area contributed by atoms with E-state index in [2.05, 4.69) is 10.4 Å². The van der Waals surface area contributed by atoms with E-state index >= 15 is 0 Å². The fourth-order valence-electron chi connectivity index (χ4n) is 3.31. The Morgan fingerprint density at radius 1 is 1.15 bits per heavy atom. The molecule has 0 spiro atoms. The Morgan fingerprint density at radius 3 is 2.56 bits per heavy atom. The molecular formula is C24H18ClN3O5S. The molecule has 0 atom stereocenters. The molecule has 1 amide bonds. The molecule has 8 nitrogen and oxygen atoms in total. The molecule has 4 aromatic rings. The van der Waals surface area contributed by atoms with Crippen molar-refractivity contribution in [3.05, 3.63) is 92.2 Å². The Hall–Kier alpha value is -3.95. The van der Waals surface area contributed by atoms with Crippen LogP contribution in [0.15, 0.2) is 64.8 Å². The second-order valence-electron chi connectivity index (χ2n) is 7.27. The molecule has 0 bridgehead atoms. The van der Waals surface area contributed by atoms with Gasteiger partial charge < -0.3 is 15.2 Å². The number of carbonyl (C=O) groups is 2. The van der Waals surface area contributed by atoms with Gasteiger partial charge >= 0.3 is 5.97 Å². The first kappa shape index (κ1) is 23.2. The first-order valence-electron chi connectivity index (χ1n) is 9.96. The number of halogens is 1. The molecule has 0 aliphatic heterocycles. The average Bonchev–Trinajstić information content (AvgIpc) is 3.22. The summed E-state index contributed by atoms with van der Waals surface area (Å²) in [5.74, 6) is -2.03. The van der Waals surface area contributed by atoms with Gasteiger partial charge in [0.15, 0.2) is 11.4 Å². The number of methoxy groups -OCH3 is 1. The van der Waals surface area contributed by atoms with E-state index in [9.17, 15) is 19.5 Å². The molecule has 2 aromatic carbocycles. The average molecular weight is 496 g/mol. The zero-order valence-corrected chi connectivity index (χ0v) is 19.6.